The van der Waals surface area contributed by atoms with E-state index in [2.05, 4.69) is 54.0 Å². The second kappa shape index (κ2) is 8.32. The van der Waals surface area contributed by atoms with Gasteiger partial charge in [0.15, 0.2) is 0 Å². The Morgan fingerprint density at radius 3 is 2.52 bits per heavy atom. The zero-order valence-corrected chi connectivity index (χ0v) is 12.8. The number of methoxy groups -OCH3 is 1. The number of ether oxygens (including phenoxy) is 1. The van der Waals surface area contributed by atoms with Crippen LogP contribution in [0, 0.1) is 0 Å². The molecule has 0 aliphatic carbocycles. The van der Waals surface area contributed by atoms with E-state index in [0.717, 1.165) is 30.9 Å². The van der Waals surface area contributed by atoms with Gasteiger partial charge in [0.05, 0.1) is 7.11 Å². The Morgan fingerprint density at radius 2 is 1.81 bits per heavy atom. The van der Waals surface area contributed by atoms with Gasteiger partial charge in [-0.15, -0.1) is 0 Å². The SMILES string of the molecule is CCC(NCCNc1cccc(OC)c1)c1ccccc1. The van der Waals surface area contributed by atoms with Crippen LogP contribution in [0.2, 0.25) is 0 Å². The summed E-state index contributed by atoms with van der Waals surface area (Å²) >= 11 is 0. The molecule has 2 aromatic rings. The molecule has 0 fully saturated rings. The summed E-state index contributed by atoms with van der Waals surface area (Å²) in [6, 6.07) is 19.0. The van der Waals surface area contributed by atoms with Crippen LogP contribution in [0.25, 0.3) is 0 Å². The number of nitrogens with one attached hydrogen (secondary N) is 2. The van der Waals surface area contributed by atoms with Gasteiger partial charge in [0.2, 0.25) is 0 Å². The molecule has 1 atom stereocenters. The fourth-order valence-corrected chi connectivity index (χ4v) is 2.37. The topological polar surface area (TPSA) is 33.3 Å². The zero-order chi connectivity index (χ0) is 14.9. The van der Waals surface area contributed by atoms with Crippen LogP contribution in [-0.4, -0.2) is 20.2 Å². The predicted molar refractivity (Wildman–Crippen MR) is 89.0 cm³/mol. The smallest absolute Gasteiger partial charge is 0.120 e. The highest BCUT2D eigenvalue weighted by molar-refractivity contribution is 5.48. The van der Waals surface area contributed by atoms with E-state index < -0.39 is 0 Å². The fourth-order valence-electron chi connectivity index (χ4n) is 2.37. The van der Waals surface area contributed by atoms with Crippen LogP contribution in [0.3, 0.4) is 0 Å². The van der Waals surface area contributed by atoms with Crippen LogP contribution in [0.5, 0.6) is 5.75 Å². The summed E-state index contributed by atoms with van der Waals surface area (Å²) < 4.78 is 5.22. The van der Waals surface area contributed by atoms with Crippen molar-refractivity contribution in [1.82, 2.24) is 5.32 Å². The molecule has 0 bridgehead atoms. The molecule has 2 aromatic carbocycles. The quantitative estimate of drug-likeness (QED) is 0.722. The zero-order valence-electron chi connectivity index (χ0n) is 12.8. The molecular weight excluding hydrogens is 260 g/mol. The van der Waals surface area contributed by atoms with E-state index in [1.165, 1.54) is 5.56 Å². The molecular formula is C18H24N2O. The molecule has 112 valence electrons. The normalized spacial score (nSPS) is 11.9. The van der Waals surface area contributed by atoms with Gasteiger partial charge in [0.25, 0.3) is 0 Å². The van der Waals surface area contributed by atoms with Crippen LogP contribution in [0.1, 0.15) is 24.9 Å². The molecule has 0 radical (unpaired) electrons. The highest BCUT2D eigenvalue weighted by atomic mass is 16.5. The van der Waals surface area contributed by atoms with Crippen molar-refractivity contribution >= 4 is 5.69 Å². The van der Waals surface area contributed by atoms with Crippen molar-refractivity contribution in [3.8, 4) is 5.75 Å². The van der Waals surface area contributed by atoms with Crippen LogP contribution in [0.4, 0.5) is 5.69 Å². The first-order chi connectivity index (χ1) is 10.3. The summed E-state index contributed by atoms with van der Waals surface area (Å²) in [5.74, 6) is 0.878. The molecule has 1 unspecified atom stereocenters. The predicted octanol–water partition coefficient (Wildman–Crippen LogP) is 3.85. The van der Waals surface area contributed by atoms with Crippen LogP contribution >= 0.6 is 0 Å². The molecule has 2 N–H and O–H groups in total. The molecule has 0 spiro atoms. The maximum absolute atomic E-state index is 5.22. The van der Waals surface area contributed by atoms with Crippen molar-refractivity contribution < 1.29 is 4.74 Å². The summed E-state index contributed by atoms with van der Waals surface area (Å²) in [6.07, 6.45) is 1.09. The Hall–Kier alpha value is -2.00. The van der Waals surface area contributed by atoms with E-state index in [0.29, 0.717) is 6.04 Å². The Bertz CT molecular complexity index is 528. The van der Waals surface area contributed by atoms with E-state index in [9.17, 15) is 0 Å². The maximum atomic E-state index is 5.22. The molecule has 0 aliphatic rings. The number of rotatable bonds is 8. The first-order valence-corrected chi connectivity index (χ1v) is 7.49. The van der Waals surface area contributed by atoms with Crippen LogP contribution in [0.15, 0.2) is 54.6 Å². The molecule has 0 saturated heterocycles. The summed E-state index contributed by atoms with van der Waals surface area (Å²) in [4.78, 5) is 0. The standard InChI is InChI=1S/C18H24N2O/c1-3-18(15-8-5-4-6-9-15)20-13-12-19-16-10-7-11-17(14-16)21-2/h4-11,14,18-20H,3,12-13H2,1-2H3. The van der Waals surface area contributed by atoms with Crippen molar-refractivity contribution in [2.24, 2.45) is 0 Å². The number of anilines is 1. The number of hydrogen-bond donors (Lipinski definition) is 2. The largest absolute Gasteiger partial charge is 0.497 e. The molecule has 21 heavy (non-hydrogen) atoms. The maximum Gasteiger partial charge on any atom is 0.120 e. The lowest BCUT2D eigenvalue weighted by Crippen LogP contribution is -2.26. The van der Waals surface area contributed by atoms with Crippen molar-refractivity contribution in [2.75, 3.05) is 25.5 Å². The van der Waals surface area contributed by atoms with Gasteiger partial charge in [-0.25, -0.2) is 0 Å². The van der Waals surface area contributed by atoms with Gasteiger partial charge in [-0.05, 0) is 24.1 Å². The van der Waals surface area contributed by atoms with Crippen molar-refractivity contribution in [2.45, 2.75) is 19.4 Å². The third-order valence-corrected chi connectivity index (χ3v) is 3.52. The second-order valence-corrected chi connectivity index (χ2v) is 4.98. The van der Waals surface area contributed by atoms with E-state index in [4.69, 9.17) is 4.74 Å². The van der Waals surface area contributed by atoms with Crippen LogP contribution < -0.4 is 15.4 Å². The average Bonchev–Trinajstić information content (AvgIpc) is 2.56. The van der Waals surface area contributed by atoms with Crippen molar-refractivity contribution in [3.05, 3.63) is 60.2 Å². The van der Waals surface area contributed by atoms with E-state index in [-0.39, 0.29) is 0 Å². The summed E-state index contributed by atoms with van der Waals surface area (Å²) in [5.41, 5.74) is 2.44. The Balaban J connectivity index is 1.78. The molecule has 2 rings (SSSR count). The molecule has 0 aliphatic heterocycles. The lowest BCUT2D eigenvalue weighted by Gasteiger charge is -2.18. The van der Waals surface area contributed by atoms with E-state index in [1.54, 1.807) is 7.11 Å². The summed E-state index contributed by atoms with van der Waals surface area (Å²) in [5, 5.41) is 7.00. The van der Waals surface area contributed by atoms with Gasteiger partial charge in [-0.3, -0.25) is 0 Å². The Morgan fingerprint density at radius 1 is 1.00 bits per heavy atom. The van der Waals surface area contributed by atoms with E-state index >= 15 is 0 Å². The monoisotopic (exact) mass is 284 g/mol. The minimum absolute atomic E-state index is 0.415. The van der Waals surface area contributed by atoms with Crippen LogP contribution in [-0.2, 0) is 0 Å². The van der Waals surface area contributed by atoms with Gasteiger partial charge in [-0.1, -0.05) is 43.3 Å². The van der Waals surface area contributed by atoms with Gasteiger partial charge in [0.1, 0.15) is 5.75 Å². The number of hydrogen-bond acceptors (Lipinski definition) is 3. The van der Waals surface area contributed by atoms with Crippen molar-refractivity contribution in [1.29, 1.82) is 0 Å². The van der Waals surface area contributed by atoms with Gasteiger partial charge in [-0.2, -0.15) is 0 Å². The minimum atomic E-state index is 0.415. The lowest BCUT2D eigenvalue weighted by atomic mass is 10.0. The Labute approximate surface area is 127 Å². The molecule has 3 heteroatoms. The third kappa shape index (κ3) is 4.80. The highest BCUT2D eigenvalue weighted by Crippen LogP contribution is 2.17. The average molecular weight is 284 g/mol. The third-order valence-electron chi connectivity index (χ3n) is 3.52. The van der Waals surface area contributed by atoms with Crippen molar-refractivity contribution in [3.63, 3.8) is 0 Å². The van der Waals surface area contributed by atoms with E-state index in [1.807, 2.05) is 18.2 Å². The molecule has 3 nitrogen and oxygen atoms in total. The first kappa shape index (κ1) is 15.4. The minimum Gasteiger partial charge on any atom is -0.497 e. The summed E-state index contributed by atoms with van der Waals surface area (Å²) in [7, 11) is 1.69. The molecule has 0 aromatic heterocycles. The molecule has 0 amide bonds. The highest BCUT2D eigenvalue weighted by Gasteiger charge is 2.06. The second-order valence-electron chi connectivity index (χ2n) is 4.98. The number of benzene rings is 2. The van der Waals surface area contributed by atoms with Gasteiger partial charge >= 0.3 is 0 Å². The first-order valence-electron chi connectivity index (χ1n) is 7.49. The van der Waals surface area contributed by atoms with Gasteiger partial charge in [0, 0.05) is 30.9 Å². The molecule has 0 saturated carbocycles. The fraction of sp³-hybridized carbons (Fsp3) is 0.333. The summed E-state index contributed by atoms with van der Waals surface area (Å²) in [6.45, 7) is 4.02. The molecule has 0 heterocycles. The Kier molecular flexibility index (Phi) is 6.10. The lowest BCUT2D eigenvalue weighted by molar-refractivity contribution is 0.415. The van der Waals surface area contributed by atoms with Gasteiger partial charge < -0.3 is 15.4 Å².